The highest BCUT2D eigenvalue weighted by Crippen LogP contribution is 2.58. The second-order valence-corrected chi connectivity index (χ2v) is 7.56. The first-order chi connectivity index (χ1) is 14.1. The molecule has 0 atom stereocenters. The molecule has 3 aromatic rings. The van der Waals surface area contributed by atoms with Crippen LogP contribution >= 0.6 is 11.6 Å². The van der Waals surface area contributed by atoms with Gasteiger partial charge in [0.25, 0.3) is 0 Å². The van der Waals surface area contributed by atoms with Gasteiger partial charge in [0.15, 0.2) is 5.60 Å². The van der Waals surface area contributed by atoms with Crippen molar-refractivity contribution in [1.82, 2.24) is 0 Å². The van der Waals surface area contributed by atoms with E-state index >= 15 is 0 Å². The molecule has 0 fully saturated rings. The molecular formula is C24H20ClNO3. The Morgan fingerprint density at radius 2 is 1.48 bits per heavy atom. The van der Waals surface area contributed by atoms with Gasteiger partial charge < -0.3 is 14.4 Å². The number of benzene rings is 3. The predicted molar refractivity (Wildman–Crippen MR) is 113 cm³/mol. The fourth-order valence-electron chi connectivity index (χ4n) is 4.52. The lowest BCUT2D eigenvalue weighted by molar-refractivity contribution is 0.0225. The molecule has 146 valence electrons. The number of rotatable bonds is 3. The van der Waals surface area contributed by atoms with E-state index in [4.69, 9.17) is 21.1 Å². The average molecular weight is 406 g/mol. The Balaban J connectivity index is 1.90. The number of fused-ring (bicyclic) bond motifs is 6. The van der Waals surface area contributed by atoms with E-state index in [0.29, 0.717) is 27.6 Å². The molecule has 5 heteroatoms. The normalized spacial score (nSPS) is 15.2. The van der Waals surface area contributed by atoms with Gasteiger partial charge in [-0.25, -0.2) is 4.79 Å². The molecule has 2 aliphatic rings. The number of para-hydroxylation sites is 2. The summed E-state index contributed by atoms with van der Waals surface area (Å²) in [6.45, 7) is 5.70. The van der Waals surface area contributed by atoms with Gasteiger partial charge in [-0.05, 0) is 38.1 Å². The number of ether oxygens (including phenoxy) is 2. The molecule has 0 N–H and O–H groups in total. The highest BCUT2D eigenvalue weighted by molar-refractivity contribution is 6.32. The molecule has 2 aliphatic heterocycles. The summed E-state index contributed by atoms with van der Waals surface area (Å²) in [7, 11) is 0. The van der Waals surface area contributed by atoms with Gasteiger partial charge in [-0.3, -0.25) is 0 Å². The van der Waals surface area contributed by atoms with Crippen LogP contribution < -0.4 is 9.64 Å². The van der Waals surface area contributed by atoms with E-state index in [2.05, 4.69) is 18.7 Å². The van der Waals surface area contributed by atoms with Gasteiger partial charge in [0.2, 0.25) is 0 Å². The van der Waals surface area contributed by atoms with Gasteiger partial charge in [0, 0.05) is 34.8 Å². The van der Waals surface area contributed by atoms with Gasteiger partial charge in [0.1, 0.15) is 11.5 Å². The monoisotopic (exact) mass is 405 g/mol. The Hall–Kier alpha value is -2.98. The van der Waals surface area contributed by atoms with Crippen LogP contribution in [-0.2, 0) is 10.3 Å². The summed E-state index contributed by atoms with van der Waals surface area (Å²) < 4.78 is 12.4. The minimum absolute atomic E-state index is 0.365. The first-order valence-corrected chi connectivity index (χ1v) is 10.2. The number of hydrogen-bond donors (Lipinski definition) is 0. The van der Waals surface area contributed by atoms with Crippen molar-refractivity contribution in [3.05, 3.63) is 87.9 Å². The Morgan fingerprint density at radius 3 is 2.07 bits per heavy atom. The quantitative estimate of drug-likeness (QED) is 0.520. The van der Waals surface area contributed by atoms with Crippen LogP contribution in [0.4, 0.5) is 5.69 Å². The molecule has 1 spiro atoms. The average Bonchev–Trinajstić information content (AvgIpc) is 3.05. The zero-order valence-corrected chi connectivity index (χ0v) is 17.0. The van der Waals surface area contributed by atoms with Crippen molar-refractivity contribution >= 4 is 23.3 Å². The third-order valence-electron chi connectivity index (χ3n) is 5.79. The third-order valence-corrected chi connectivity index (χ3v) is 6.11. The minimum Gasteiger partial charge on any atom is -0.456 e. The van der Waals surface area contributed by atoms with Gasteiger partial charge in [-0.15, -0.1) is 0 Å². The van der Waals surface area contributed by atoms with Crippen LogP contribution in [0.15, 0.2) is 60.7 Å². The molecule has 5 rings (SSSR count). The summed E-state index contributed by atoms with van der Waals surface area (Å²) in [5.41, 5.74) is 2.51. The SMILES string of the molecule is CCN(CC)c1ccc(Cl)c2c1C(=O)OC21c2ccccc2Oc2ccccc21. The maximum Gasteiger partial charge on any atom is 0.342 e. The maximum absolute atomic E-state index is 13.3. The van der Waals surface area contributed by atoms with Gasteiger partial charge >= 0.3 is 5.97 Å². The predicted octanol–water partition coefficient (Wildman–Crippen LogP) is 5.75. The van der Waals surface area contributed by atoms with Crippen LogP contribution in [0.1, 0.15) is 40.9 Å². The number of carbonyl (C=O) groups is 1. The number of carbonyl (C=O) groups excluding carboxylic acids is 1. The van der Waals surface area contributed by atoms with Gasteiger partial charge in [-0.2, -0.15) is 0 Å². The summed E-state index contributed by atoms with van der Waals surface area (Å²) in [5.74, 6) is 0.961. The minimum atomic E-state index is -1.13. The first-order valence-electron chi connectivity index (χ1n) is 9.80. The number of anilines is 1. The second kappa shape index (κ2) is 6.53. The molecule has 0 radical (unpaired) electrons. The molecule has 0 bridgehead atoms. The first kappa shape index (κ1) is 18.1. The molecule has 4 nitrogen and oxygen atoms in total. The standard InChI is InChI=1S/C24H20ClNO3/c1-3-26(4-2)18-14-13-17(25)22-21(18)23(27)29-24(22)15-9-5-7-11-19(15)28-20-12-8-6-10-16(20)24/h5-14H,3-4H2,1-2H3. The van der Waals surface area contributed by atoms with E-state index in [1.54, 1.807) is 0 Å². The van der Waals surface area contributed by atoms with Gasteiger partial charge in [0.05, 0.1) is 11.3 Å². The number of nitrogens with zero attached hydrogens (tertiary/aromatic N) is 1. The largest absolute Gasteiger partial charge is 0.456 e. The molecule has 0 saturated carbocycles. The van der Waals surface area contributed by atoms with Crippen molar-refractivity contribution in [3.63, 3.8) is 0 Å². The molecule has 0 saturated heterocycles. The number of halogens is 1. The highest BCUT2D eigenvalue weighted by atomic mass is 35.5. The summed E-state index contributed by atoms with van der Waals surface area (Å²) in [4.78, 5) is 15.5. The fourth-order valence-corrected chi connectivity index (χ4v) is 4.81. The van der Waals surface area contributed by atoms with E-state index in [1.165, 1.54) is 0 Å². The molecule has 0 amide bonds. The topological polar surface area (TPSA) is 38.8 Å². The van der Waals surface area contributed by atoms with E-state index in [9.17, 15) is 4.79 Å². The van der Waals surface area contributed by atoms with E-state index in [-0.39, 0.29) is 5.97 Å². The third kappa shape index (κ3) is 2.36. The molecular weight excluding hydrogens is 386 g/mol. The Morgan fingerprint density at radius 1 is 0.897 bits per heavy atom. The lowest BCUT2D eigenvalue weighted by Gasteiger charge is -2.36. The second-order valence-electron chi connectivity index (χ2n) is 7.15. The lowest BCUT2D eigenvalue weighted by Crippen LogP contribution is -2.33. The Bertz CT molecular complexity index is 1090. The van der Waals surface area contributed by atoms with Crippen LogP contribution in [-0.4, -0.2) is 19.1 Å². The molecule has 3 aromatic carbocycles. The molecule has 0 unspecified atom stereocenters. The van der Waals surface area contributed by atoms with Crippen LogP contribution in [0.5, 0.6) is 11.5 Å². The van der Waals surface area contributed by atoms with Crippen molar-refractivity contribution in [3.8, 4) is 11.5 Å². The van der Waals surface area contributed by atoms with Crippen molar-refractivity contribution in [2.75, 3.05) is 18.0 Å². The zero-order valence-electron chi connectivity index (χ0n) is 16.2. The lowest BCUT2D eigenvalue weighted by atomic mass is 9.77. The van der Waals surface area contributed by atoms with Crippen molar-refractivity contribution in [2.45, 2.75) is 19.4 Å². The van der Waals surface area contributed by atoms with E-state index in [0.717, 1.165) is 29.9 Å². The molecule has 0 aliphatic carbocycles. The maximum atomic E-state index is 13.3. The van der Waals surface area contributed by atoms with Gasteiger partial charge in [-0.1, -0.05) is 48.0 Å². The number of hydrogen-bond acceptors (Lipinski definition) is 4. The van der Waals surface area contributed by atoms with Crippen LogP contribution in [0.2, 0.25) is 5.02 Å². The summed E-state index contributed by atoms with van der Waals surface area (Å²) in [6, 6.07) is 19.1. The smallest absolute Gasteiger partial charge is 0.342 e. The van der Waals surface area contributed by atoms with E-state index in [1.807, 2.05) is 60.7 Å². The summed E-state index contributed by atoms with van der Waals surface area (Å²) >= 11 is 6.76. The Kier molecular flexibility index (Phi) is 4.07. The number of esters is 1. The zero-order chi connectivity index (χ0) is 20.2. The molecule has 29 heavy (non-hydrogen) atoms. The van der Waals surface area contributed by atoms with Crippen LogP contribution in [0.25, 0.3) is 0 Å². The summed E-state index contributed by atoms with van der Waals surface area (Å²) in [5, 5.41) is 0.508. The summed E-state index contributed by atoms with van der Waals surface area (Å²) in [6.07, 6.45) is 0. The van der Waals surface area contributed by atoms with E-state index < -0.39 is 5.60 Å². The highest BCUT2D eigenvalue weighted by Gasteiger charge is 2.55. The van der Waals surface area contributed by atoms with Crippen molar-refractivity contribution in [1.29, 1.82) is 0 Å². The molecule has 0 aromatic heterocycles. The fraction of sp³-hybridized carbons (Fsp3) is 0.208. The molecule has 2 heterocycles. The van der Waals surface area contributed by atoms with Crippen molar-refractivity contribution < 1.29 is 14.3 Å². The van der Waals surface area contributed by atoms with Crippen LogP contribution in [0, 0.1) is 0 Å². The van der Waals surface area contributed by atoms with Crippen molar-refractivity contribution in [2.24, 2.45) is 0 Å². The van der Waals surface area contributed by atoms with Crippen LogP contribution in [0.3, 0.4) is 0 Å². The Labute approximate surface area is 174 Å².